The van der Waals surface area contributed by atoms with Crippen molar-refractivity contribution < 1.29 is 19.8 Å². The van der Waals surface area contributed by atoms with E-state index < -0.39 is 17.2 Å². The summed E-state index contributed by atoms with van der Waals surface area (Å²) in [6.07, 6.45) is 1.09. The summed E-state index contributed by atoms with van der Waals surface area (Å²) in [5, 5.41) is 16.8. The van der Waals surface area contributed by atoms with Gasteiger partial charge in [0.15, 0.2) is 0 Å². The van der Waals surface area contributed by atoms with Crippen LogP contribution in [0.15, 0.2) is 30.3 Å². The molecule has 5 heteroatoms. The molecule has 0 spiro atoms. The van der Waals surface area contributed by atoms with E-state index in [-0.39, 0.29) is 5.75 Å². The highest BCUT2D eigenvalue weighted by atomic mass is 32.2. The van der Waals surface area contributed by atoms with Crippen molar-refractivity contribution in [1.82, 2.24) is 0 Å². The summed E-state index contributed by atoms with van der Waals surface area (Å²) in [4.78, 5) is 21.3. The van der Waals surface area contributed by atoms with Gasteiger partial charge in [-0.15, -0.1) is 11.8 Å². The molecule has 0 fully saturated rings. The molecule has 0 aliphatic heterocycles. The molecule has 1 aromatic carbocycles. The number of benzene rings is 1. The predicted molar refractivity (Wildman–Crippen MR) is 66.3 cm³/mol. The lowest BCUT2D eigenvalue weighted by atomic mass is 10.1. The van der Waals surface area contributed by atoms with E-state index >= 15 is 0 Å². The number of aryl methyl sites for hydroxylation is 1. The van der Waals surface area contributed by atoms with Crippen LogP contribution in [0.2, 0.25) is 0 Å². The van der Waals surface area contributed by atoms with Crippen LogP contribution in [0.4, 0.5) is 0 Å². The van der Waals surface area contributed by atoms with Gasteiger partial charge in [0.05, 0.1) is 5.75 Å². The van der Waals surface area contributed by atoms with Gasteiger partial charge in [0.1, 0.15) is 5.25 Å². The van der Waals surface area contributed by atoms with Crippen molar-refractivity contribution in [3.63, 3.8) is 0 Å². The van der Waals surface area contributed by atoms with E-state index in [9.17, 15) is 9.59 Å². The Hall–Kier alpha value is -1.49. The van der Waals surface area contributed by atoms with Gasteiger partial charge in [0.25, 0.3) is 0 Å². The maximum Gasteiger partial charge on any atom is 0.316 e. The molecule has 1 unspecified atom stereocenters. The molecule has 0 saturated heterocycles. The summed E-state index contributed by atoms with van der Waals surface area (Å²) in [6.45, 7) is 0. The Morgan fingerprint density at radius 3 is 2.35 bits per heavy atom. The molecule has 92 valence electrons. The van der Waals surface area contributed by atoms with E-state index in [2.05, 4.69) is 0 Å². The third-order valence-electron chi connectivity index (χ3n) is 2.22. The number of rotatable bonds is 7. The molecule has 0 heterocycles. The Morgan fingerprint density at radius 1 is 1.18 bits per heavy atom. The average molecular weight is 254 g/mol. The Labute approximate surface area is 104 Å². The first-order valence-corrected chi connectivity index (χ1v) is 6.24. The zero-order valence-corrected chi connectivity index (χ0v) is 10.0. The summed E-state index contributed by atoms with van der Waals surface area (Å²) in [6, 6.07) is 9.56. The average Bonchev–Trinajstić information content (AvgIpc) is 2.29. The van der Waals surface area contributed by atoms with E-state index in [0.29, 0.717) is 12.8 Å². The van der Waals surface area contributed by atoms with Crippen LogP contribution >= 0.6 is 11.8 Å². The number of aliphatic carboxylic acids is 2. The fourth-order valence-corrected chi connectivity index (χ4v) is 2.16. The highest BCUT2D eigenvalue weighted by molar-refractivity contribution is 8.01. The van der Waals surface area contributed by atoms with Gasteiger partial charge in [-0.3, -0.25) is 9.59 Å². The molecule has 2 N–H and O–H groups in total. The highest BCUT2D eigenvalue weighted by Crippen LogP contribution is 2.17. The summed E-state index contributed by atoms with van der Waals surface area (Å²) in [7, 11) is 0. The summed E-state index contributed by atoms with van der Waals surface area (Å²) in [5.41, 5.74) is 1.06. The molecule has 4 nitrogen and oxygen atoms in total. The summed E-state index contributed by atoms with van der Waals surface area (Å²) < 4.78 is 0. The molecular weight excluding hydrogens is 240 g/mol. The SMILES string of the molecule is O=C(O)CSC(CCc1ccccc1)C(=O)O. The maximum absolute atomic E-state index is 10.9. The van der Waals surface area contributed by atoms with Crippen LogP contribution in [0.1, 0.15) is 12.0 Å². The Morgan fingerprint density at radius 2 is 1.82 bits per heavy atom. The molecule has 0 amide bonds. The van der Waals surface area contributed by atoms with E-state index in [4.69, 9.17) is 10.2 Å². The van der Waals surface area contributed by atoms with Crippen molar-refractivity contribution in [2.45, 2.75) is 18.1 Å². The molecule has 1 atom stereocenters. The van der Waals surface area contributed by atoms with Gasteiger partial charge in [0.2, 0.25) is 0 Å². The van der Waals surface area contributed by atoms with Gasteiger partial charge < -0.3 is 10.2 Å². The van der Waals surface area contributed by atoms with Gasteiger partial charge in [-0.25, -0.2) is 0 Å². The number of thioether (sulfide) groups is 1. The molecule has 0 radical (unpaired) electrons. The standard InChI is InChI=1S/C12H14O4S/c13-11(14)8-17-10(12(15)16)7-6-9-4-2-1-3-5-9/h1-5,10H,6-8H2,(H,13,14)(H,15,16). The van der Waals surface area contributed by atoms with Crippen LogP contribution < -0.4 is 0 Å². The van der Waals surface area contributed by atoms with Gasteiger partial charge in [0, 0.05) is 0 Å². The van der Waals surface area contributed by atoms with E-state index in [1.807, 2.05) is 30.3 Å². The van der Waals surface area contributed by atoms with Crippen molar-refractivity contribution in [3.05, 3.63) is 35.9 Å². The van der Waals surface area contributed by atoms with Gasteiger partial charge in [-0.1, -0.05) is 30.3 Å². The Bertz CT molecular complexity index is 377. The third-order valence-corrected chi connectivity index (χ3v) is 3.47. The molecule has 0 aliphatic rings. The zero-order chi connectivity index (χ0) is 12.7. The molecule has 1 rings (SSSR count). The lowest BCUT2D eigenvalue weighted by molar-refractivity contribution is -0.136. The largest absolute Gasteiger partial charge is 0.481 e. The Balaban J connectivity index is 2.45. The summed E-state index contributed by atoms with van der Waals surface area (Å²) >= 11 is 0.958. The number of carboxylic acid groups (broad SMARTS) is 2. The van der Waals surface area contributed by atoms with Crippen molar-refractivity contribution in [1.29, 1.82) is 0 Å². The minimum absolute atomic E-state index is 0.175. The zero-order valence-electron chi connectivity index (χ0n) is 9.20. The van der Waals surface area contributed by atoms with E-state index in [0.717, 1.165) is 17.3 Å². The second kappa shape index (κ2) is 6.96. The molecule has 0 aromatic heterocycles. The first-order valence-electron chi connectivity index (χ1n) is 5.19. The van der Waals surface area contributed by atoms with Gasteiger partial charge >= 0.3 is 11.9 Å². The maximum atomic E-state index is 10.9. The van der Waals surface area contributed by atoms with Crippen molar-refractivity contribution in [3.8, 4) is 0 Å². The minimum Gasteiger partial charge on any atom is -0.481 e. The van der Waals surface area contributed by atoms with Crippen LogP contribution in [-0.2, 0) is 16.0 Å². The van der Waals surface area contributed by atoms with Crippen LogP contribution in [-0.4, -0.2) is 33.2 Å². The fraction of sp³-hybridized carbons (Fsp3) is 0.333. The van der Waals surface area contributed by atoms with Crippen LogP contribution in [0.3, 0.4) is 0 Å². The minimum atomic E-state index is -0.985. The molecule has 0 saturated carbocycles. The quantitative estimate of drug-likeness (QED) is 0.777. The third kappa shape index (κ3) is 5.40. The molecular formula is C12H14O4S. The lowest BCUT2D eigenvalue weighted by Crippen LogP contribution is -2.19. The molecule has 17 heavy (non-hydrogen) atoms. The van der Waals surface area contributed by atoms with Crippen LogP contribution in [0.5, 0.6) is 0 Å². The van der Waals surface area contributed by atoms with Crippen molar-refractivity contribution in [2.24, 2.45) is 0 Å². The topological polar surface area (TPSA) is 74.6 Å². The van der Waals surface area contributed by atoms with Crippen molar-refractivity contribution >= 4 is 23.7 Å². The monoisotopic (exact) mass is 254 g/mol. The normalized spacial score (nSPS) is 12.0. The van der Waals surface area contributed by atoms with Gasteiger partial charge in [-0.05, 0) is 18.4 Å². The van der Waals surface area contributed by atoms with E-state index in [1.165, 1.54) is 0 Å². The fourth-order valence-electron chi connectivity index (χ4n) is 1.39. The molecule has 1 aromatic rings. The molecule has 0 bridgehead atoms. The number of carboxylic acids is 2. The number of hydrogen-bond acceptors (Lipinski definition) is 3. The second-order valence-electron chi connectivity index (χ2n) is 3.56. The number of carbonyl (C=O) groups is 2. The summed E-state index contributed by atoms with van der Waals surface area (Å²) in [5.74, 6) is -2.11. The van der Waals surface area contributed by atoms with Crippen molar-refractivity contribution in [2.75, 3.05) is 5.75 Å². The lowest BCUT2D eigenvalue weighted by Gasteiger charge is -2.10. The Kier molecular flexibility index (Phi) is 5.56. The van der Waals surface area contributed by atoms with Crippen LogP contribution in [0, 0.1) is 0 Å². The first-order chi connectivity index (χ1) is 8.09. The van der Waals surface area contributed by atoms with Gasteiger partial charge in [-0.2, -0.15) is 0 Å². The van der Waals surface area contributed by atoms with E-state index in [1.54, 1.807) is 0 Å². The highest BCUT2D eigenvalue weighted by Gasteiger charge is 2.18. The second-order valence-corrected chi connectivity index (χ2v) is 4.75. The predicted octanol–water partition coefficient (Wildman–Crippen LogP) is 1.89. The smallest absolute Gasteiger partial charge is 0.316 e. The molecule has 0 aliphatic carbocycles. The van der Waals surface area contributed by atoms with Crippen LogP contribution in [0.25, 0.3) is 0 Å². The first kappa shape index (κ1) is 13.6. The number of hydrogen-bond donors (Lipinski definition) is 2.